The molecule has 112 valence electrons. The lowest BCUT2D eigenvalue weighted by atomic mass is 9.96. The topological polar surface area (TPSA) is 85.5 Å². The molecule has 0 fully saturated rings. The third-order valence-corrected chi connectivity index (χ3v) is 3.16. The Bertz CT molecular complexity index is 661. The van der Waals surface area contributed by atoms with Gasteiger partial charge in [0, 0.05) is 9.89 Å². The van der Waals surface area contributed by atoms with Crippen molar-refractivity contribution in [1.82, 2.24) is 10.1 Å². The number of carboxylic acids is 1. The van der Waals surface area contributed by atoms with E-state index in [2.05, 4.69) is 26.1 Å². The SMILES string of the molecule is CC(C)(C)c1noc(COc2ccc(Br)cc2C(=O)O)n1. The summed E-state index contributed by atoms with van der Waals surface area (Å²) >= 11 is 3.23. The van der Waals surface area contributed by atoms with Gasteiger partial charge in [0.05, 0.1) is 0 Å². The highest BCUT2D eigenvalue weighted by atomic mass is 79.9. The number of hydrogen-bond acceptors (Lipinski definition) is 5. The van der Waals surface area contributed by atoms with E-state index in [0.29, 0.717) is 16.2 Å². The van der Waals surface area contributed by atoms with Crippen LogP contribution in [-0.2, 0) is 12.0 Å². The number of halogens is 1. The minimum Gasteiger partial charge on any atom is -0.483 e. The van der Waals surface area contributed by atoms with E-state index in [0.717, 1.165) is 0 Å². The Labute approximate surface area is 130 Å². The number of rotatable bonds is 4. The fourth-order valence-electron chi connectivity index (χ4n) is 1.55. The molecule has 0 bridgehead atoms. The van der Waals surface area contributed by atoms with E-state index in [4.69, 9.17) is 14.4 Å². The van der Waals surface area contributed by atoms with Gasteiger partial charge in [0.15, 0.2) is 12.4 Å². The molecule has 0 atom stereocenters. The largest absolute Gasteiger partial charge is 0.483 e. The zero-order valence-corrected chi connectivity index (χ0v) is 13.5. The maximum atomic E-state index is 11.2. The molecule has 2 rings (SSSR count). The molecule has 0 radical (unpaired) electrons. The van der Waals surface area contributed by atoms with Gasteiger partial charge in [-0.3, -0.25) is 0 Å². The molecule has 2 aromatic rings. The Morgan fingerprint density at radius 1 is 1.43 bits per heavy atom. The summed E-state index contributed by atoms with van der Waals surface area (Å²) in [6, 6.07) is 4.76. The van der Waals surface area contributed by atoms with Crippen molar-refractivity contribution in [2.45, 2.75) is 32.8 Å². The zero-order valence-electron chi connectivity index (χ0n) is 11.9. The average Bonchev–Trinajstić information content (AvgIpc) is 2.85. The maximum absolute atomic E-state index is 11.2. The molecule has 0 spiro atoms. The normalized spacial score (nSPS) is 11.4. The first-order valence-electron chi connectivity index (χ1n) is 6.26. The Morgan fingerprint density at radius 2 is 2.14 bits per heavy atom. The first-order chi connectivity index (χ1) is 9.77. The smallest absolute Gasteiger partial charge is 0.339 e. The minimum absolute atomic E-state index is 0.0188. The predicted molar refractivity (Wildman–Crippen MR) is 78.4 cm³/mol. The molecule has 1 heterocycles. The quantitative estimate of drug-likeness (QED) is 0.905. The third kappa shape index (κ3) is 3.81. The number of carboxylic acid groups (broad SMARTS) is 1. The second-order valence-electron chi connectivity index (χ2n) is 5.50. The highest BCUT2D eigenvalue weighted by molar-refractivity contribution is 9.10. The van der Waals surface area contributed by atoms with Gasteiger partial charge in [-0.25, -0.2) is 4.79 Å². The van der Waals surface area contributed by atoms with Crippen molar-refractivity contribution in [3.05, 3.63) is 40.0 Å². The van der Waals surface area contributed by atoms with Crippen LogP contribution in [0.3, 0.4) is 0 Å². The van der Waals surface area contributed by atoms with Crippen LogP contribution in [0.5, 0.6) is 5.75 Å². The van der Waals surface area contributed by atoms with Gasteiger partial charge >= 0.3 is 5.97 Å². The highest BCUT2D eigenvalue weighted by Gasteiger charge is 2.21. The number of carbonyl (C=O) groups is 1. The van der Waals surface area contributed by atoms with Crippen LogP contribution in [0.4, 0.5) is 0 Å². The molecule has 0 unspecified atom stereocenters. The van der Waals surface area contributed by atoms with Crippen molar-refractivity contribution in [2.24, 2.45) is 0 Å². The maximum Gasteiger partial charge on any atom is 0.339 e. The molecule has 0 saturated carbocycles. The van der Waals surface area contributed by atoms with Gasteiger partial charge < -0.3 is 14.4 Å². The van der Waals surface area contributed by atoms with E-state index in [1.54, 1.807) is 12.1 Å². The predicted octanol–water partition coefficient (Wildman–Crippen LogP) is 3.41. The molecule has 0 saturated heterocycles. The Kier molecular flexibility index (Phi) is 4.32. The monoisotopic (exact) mass is 354 g/mol. The third-order valence-electron chi connectivity index (χ3n) is 2.66. The standard InChI is InChI=1S/C14H15BrN2O4/c1-14(2,3)13-16-11(21-17-13)7-20-10-5-4-8(15)6-9(10)12(18)19/h4-6H,7H2,1-3H3,(H,18,19). The lowest BCUT2D eigenvalue weighted by molar-refractivity contribution is 0.0691. The second kappa shape index (κ2) is 5.85. The Balaban J connectivity index is 2.13. The number of aromatic nitrogens is 2. The van der Waals surface area contributed by atoms with Crippen molar-refractivity contribution >= 4 is 21.9 Å². The molecule has 21 heavy (non-hydrogen) atoms. The molecule has 7 heteroatoms. The summed E-state index contributed by atoms with van der Waals surface area (Å²) in [5.74, 6) is 0.0722. The van der Waals surface area contributed by atoms with Crippen LogP contribution in [-0.4, -0.2) is 21.2 Å². The first kappa shape index (κ1) is 15.5. The van der Waals surface area contributed by atoms with Crippen LogP contribution in [0.25, 0.3) is 0 Å². The molecule has 0 aliphatic carbocycles. The Morgan fingerprint density at radius 3 is 2.71 bits per heavy atom. The summed E-state index contributed by atoms with van der Waals surface area (Å²) in [6.45, 7) is 5.93. The lowest BCUT2D eigenvalue weighted by Gasteiger charge is -2.11. The van der Waals surface area contributed by atoms with Crippen molar-refractivity contribution in [1.29, 1.82) is 0 Å². The number of ether oxygens (including phenoxy) is 1. The molecule has 1 N–H and O–H groups in total. The van der Waals surface area contributed by atoms with E-state index < -0.39 is 5.97 Å². The first-order valence-corrected chi connectivity index (χ1v) is 7.05. The van der Waals surface area contributed by atoms with E-state index in [1.165, 1.54) is 6.07 Å². The molecular formula is C14H15BrN2O4. The van der Waals surface area contributed by atoms with Gasteiger partial charge in [0.25, 0.3) is 5.89 Å². The van der Waals surface area contributed by atoms with Gasteiger partial charge in [0.2, 0.25) is 0 Å². The van der Waals surface area contributed by atoms with E-state index in [-0.39, 0.29) is 23.3 Å². The van der Waals surface area contributed by atoms with Gasteiger partial charge in [-0.2, -0.15) is 4.98 Å². The van der Waals surface area contributed by atoms with Crippen molar-refractivity contribution < 1.29 is 19.2 Å². The second-order valence-corrected chi connectivity index (χ2v) is 6.41. The number of aromatic carboxylic acids is 1. The van der Waals surface area contributed by atoms with Gasteiger partial charge in [-0.05, 0) is 18.2 Å². The van der Waals surface area contributed by atoms with Crippen LogP contribution in [0.15, 0.2) is 27.2 Å². The summed E-state index contributed by atoms with van der Waals surface area (Å²) in [5, 5.41) is 13.0. The van der Waals surface area contributed by atoms with Crippen LogP contribution in [0.2, 0.25) is 0 Å². The number of nitrogens with zero attached hydrogens (tertiary/aromatic N) is 2. The average molecular weight is 355 g/mol. The fourth-order valence-corrected chi connectivity index (χ4v) is 1.91. The van der Waals surface area contributed by atoms with E-state index in [9.17, 15) is 4.79 Å². The molecule has 0 amide bonds. The van der Waals surface area contributed by atoms with Crippen molar-refractivity contribution in [3.8, 4) is 5.75 Å². The summed E-state index contributed by atoms with van der Waals surface area (Å²) in [7, 11) is 0. The Hall–Kier alpha value is -1.89. The highest BCUT2D eigenvalue weighted by Crippen LogP contribution is 2.24. The van der Waals surface area contributed by atoms with Gasteiger partial charge in [0.1, 0.15) is 11.3 Å². The summed E-state index contributed by atoms with van der Waals surface area (Å²) in [6.07, 6.45) is 0. The molecule has 1 aromatic carbocycles. The molecule has 6 nitrogen and oxygen atoms in total. The van der Waals surface area contributed by atoms with Gasteiger partial charge in [-0.15, -0.1) is 0 Å². The van der Waals surface area contributed by atoms with Crippen LogP contribution >= 0.6 is 15.9 Å². The van der Waals surface area contributed by atoms with Crippen LogP contribution < -0.4 is 4.74 Å². The summed E-state index contributed by atoms with van der Waals surface area (Å²) in [5.41, 5.74) is -0.147. The molecule has 0 aliphatic rings. The van der Waals surface area contributed by atoms with Crippen LogP contribution in [0, 0.1) is 0 Å². The molecule has 1 aromatic heterocycles. The minimum atomic E-state index is -1.06. The lowest BCUT2D eigenvalue weighted by Crippen LogP contribution is -2.13. The van der Waals surface area contributed by atoms with Crippen LogP contribution in [0.1, 0.15) is 42.8 Å². The number of hydrogen-bond donors (Lipinski definition) is 1. The number of benzene rings is 1. The van der Waals surface area contributed by atoms with E-state index in [1.807, 2.05) is 20.8 Å². The fraction of sp³-hybridized carbons (Fsp3) is 0.357. The van der Waals surface area contributed by atoms with E-state index >= 15 is 0 Å². The molecular weight excluding hydrogens is 340 g/mol. The molecule has 0 aliphatic heterocycles. The van der Waals surface area contributed by atoms with Gasteiger partial charge in [-0.1, -0.05) is 41.9 Å². The summed E-state index contributed by atoms with van der Waals surface area (Å²) < 4.78 is 11.2. The zero-order chi connectivity index (χ0) is 15.6. The van der Waals surface area contributed by atoms with Crippen molar-refractivity contribution in [3.63, 3.8) is 0 Å². The van der Waals surface area contributed by atoms with Crippen molar-refractivity contribution in [2.75, 3.05) is 0 Å². The summed E-state index contributed by atoms with van der Waals surface area (Å²) in [4.78, 5) is 15.4.